The molecule has 2 heterocycles. The quantitative estimate of drug-likeness (QED) is 0.927. The third-order valence-electron chi connectivity index (χ3n) is 4.03. The van der Waals surface area contributed by atoms with Gasteiger partial charge in [0.05, 0.1) is 30.1 Å². The minimum Gasteiger partial charge on any atom is -0.385 e. The number of nitrogens with zero attached hydrogens (tertiary/aromatic N) is 3. The Balaban J connectivity index is 2.29. The summed E-state index contributed by atoms with van der Waals surface area (Å²) in [6, 6.07) is 0.160. The fraction of sp³-hybridized carbons (Fsp3) is 0.786. The number of aliphatic hydroxyl groups excluding tert-OH is 1. The van der Waals surface area contributed by atoms with Crippen molar-refractivity contribution < 1.29 is 9.84 Å². The monoisotopic (exact) mass is 301 g/mol. The van der Waals surface area contributed by atoms with Crippen LogP contribution in [0.25, 0.3) is 0 Å². The average Bonchev–Trinajstić information content (AvgIpc) is 2.80. The lowest BCUT2D eigenvalue weighted by molar-refractivity contribution is -0.0657. The predicted molar refractivity (Wildman–Crippen MR) is 79.1 cm³/mol. The molecule has 0 saturated carbocycles. The van der Waals surface area contributed by atoms with Gasteiger partial charge in [-0.3, -0.25) is 9.58 Å². The maximum atomic E-state index is 10.9. The van der Waals surface area contributed by atoms with Gasteiger partial charge in [-0.1, -0.05) is 11.6 Å². The van der Waals surface area contributed by atoms with E-state index in [0.29, 0.717) is 23.9 Å². The Morgan fingerprint density at radius 3 is 2.50 bits per heavy atom. The van der Waals surface area contributed by atoms with Gasteiger partial charge in [-0.05, 0) is 27.7 Å². The molecule has 0 spiro atoms. The first-order valence-corrected chi connectivity index (χ1v) is 7.47. The summed E-state index contributed by atoms with van der Waals surface area (Å²) in [4.78, 5) is 2.25. The van der Waals surface area contributed by atoms with E-state index >= 15 is 0 Å². The molecule has 1 atom stereocenters. The van der Waals surface area contributed by atoms with Crippen LogP contribution in [0, 0.1) is 0 Å². The first-order chi connectivity index (χ1) is 9.35. The minimum absolute atomic E-state index is 0.160. The highest BCUT2D eigenvalue weighted by Crippen LogP contribution is 2.36. The molecule has 1 aliphatic heterocycles. The molecule has 1 aliphatic rings. The van der Waals surface area contributed by atoms with Gasteiger partial charge in [0, 0.05) is 24.7 Å². The van der Waals surface area contributed by atoms with E-state index in [1.54, 1.807) is 10.9 Å². The Labute approximate surface area is 125 Å². The van der Waals surface area contributed by atoms with Crippen LogP contribution in [0.4, 0.5) is 0 Å². The van der Waals surface area contributed by atoms with Gasteiger partial charge in [0.25, 0.3) is 0 Å². The van der Waals surface area contributed by atoms with Gasteiger partial charge in [0.1, 0.15) is 6.10 Å². The van der Waals surface area contributed by atoms with Crippen molar-refractivity contribution in [2.24, 2.45) is 0 Å². The van der Waals surface area contributed by atoms with Crippen LogP contribution in [0.15, 0.2) is 6.20 Å². The summed E-state index contributed by atoms with van der Waals surface area (Å²) in [6.07, 6.45) is 0.910. The molecule has 1 unspecified atom stereocenters. The molecule has 1 N–H and O–H groups in total. The van der Waals surface area contributed by atoms with Gasteiger partial charge in [-0.15, -0.1) is 0 Å². The summed E-state index contributed by atoms with van der Waals surface area (Å²) in [6.45, 7) is 11.2. The lowest BCUT2D eigenvalue weighted by atomic mass is 9.91. The number of halogens is 1. The average molecular weight is 302 g/mol. The van der Waals surface area contributed by atoms with Crippen LogP contribution < -0.4 is 0 Å². The van der Waals surface area contributed by atoms with Crippen molar-refractivity contribution in [3.05, 3.63) is 16.9 Å². The van der Waals surface area contributed by atoms with Crippen LogP contribution >= 0.6 is 11.6 Å². The van der Waals surface area contributed by atoms with Crippen molar-refractivity contribution >= 4 is 11.6 Å². The number of rotatable bonds is 4. The fourth-order valence-corrected chi connectivity index (χ4v) is 2.90. The van der Waals surface area contributed by atoms with Crippen LogP contribution in [0.3, 0.4) is 0 Å². The summed E-state index contributed by atoms with van der Waals surface area (Å²) in [7, 11) is 0. The van der Waals surface area contributed by atoms with E-state index in [-0.39, 0.29) is 6.04 Å². The van der Waals surface area contributed by atoms with Crippen molar-refractivity contribution in [2.75, 3.05) is 26.3 Å². The van der Waals surface area contributed by atoms with E-state index in [2.05, 4.69) is 10.00 Å². The summed E-state index contributed by atoms with van der Waals surface area (Å²) >= 11 is 6.24. The van der Waals surface area contributed by atoms with Crippen LogP contribution in [-0.2, 0) is 4.74 Å². The highest BCUT2D eigenvalue weighted by atomic mass is 35.5. The number of aromatic nitrogens is 2. The van der Waals surface area contributed by atoms with Gasteiger partial charge >= 0.3 is 0 Å². The highest BCUT2D eigenvalue weighted by molar-refractivity contribution is 6.31. The van der Waals surface area contributed by atoms with E-state index < -0.39 is 11.6 Å². The summed E-state index contributed by atoms with van der Waals surface area (Å²) in [5.74, 6) is 0. The standard InChI is InChI=1S/C14H24ClN3O2/c1-10(2)18-12(11(15)9-16-18)13(19)14(3,4)17-5-7-20-8-6-17/h9-10,13,19H,5-8H2,1-4H3. The summed E-state index contributed by atoms with van der Waals surface area (Å²) in [5, 5.41) is 15.7. The Hall–Kier alpha value is -0.620. The van der Waals surface area contributed by atoms with Crippen molar-refractivity contribution in [2.45, 2.75) is 45.4 Å². The largest absolute Gasteiger partial charge is 0.385 e. The normalized spacial score (nSPS) is 19.6. The SMILES string of the molecule is CC(C)n1ncc(Cl)c1C(O)C(C)(C)N1CCOCC1. The first-order valence-electron chi connectivity index (χ1n) is 7.09. The number of hydrogen-bond acceptors (Lipinski definition) is 4. The zero-order valence-electron chi connectivity index (χ0n) is 12.6. The molecule has 0 aromatic carbocycles. The topological polar surface area (TPSA) is 50.5 Å². The zero-order valence-corrected chi connectivity index (χ0v) is 13.4. The molecule has 1 fully saturated rings. The van der Waals surface area contributed by atoms with E-state index in [9.17, 15) is 5.11 Å². The van der Waals surface area contributed by atoms with E-state index in [0.717, 1.165) is 13.1 Å². The fourth-order valence-electron chi connectivity index (χ4n) is 2.67. The molecule has 6 heteroatoms. The first kappa shape index (κ1) is 15.8. The Morgan fingerprint density at radius 1 is 1.35 bits per heavy atom. The van der Waals surface area contributed by atoms with Crippen LogP contribution in [-0.4, -0.2) is 51.6 Å². The molecule has 114 valence electrons. The van der Waals surface area contributed by atoms with E-state index in [1.165, 1.54) is 0 Å². The maximum absolute atomic E-state index is 10.9. The Bertz CT molecular complexity index is 453. The number of hydrogen-bond donors (Lipinski definition) is 1. The molecular formula is C14H24ClN3O2. The van der Waals surface area contributed by atoms with Crippen molar-refractivity contribution in [3.8, 4) is 0 Å². The van der Waals surface area contributed by atoms with Crippen molar-refractivity contribution in [3.63, 3.8) is 0 Å². The second kappa shape index (κ2) is 6.02. The highest BCUT2D eigenvalue weighted by Gasteiger charge is 2.39. The van der Waals surface area contributed by atoms with Gasteiger partial charge in [-0.25, -0.2) is 0 Å². The van der Waals surface area contributed by atoms with Crippen LogP contribution in [0.1, 0.15) is 45.5 Å². The van der Waals surface area contributed by atoms with E-state index in [1.807, 2.05) is 27.7 Å². The lowest BCUT2D eigenvalue weighted by Crippen LogP contribution is -2.53. The molecule has 1 saturated heterocycles. The predicted octanol–water partition coefficient (Wildman–Crippen LogP) is 2.26. The van der Waals surface area contributed by atoms with Crippen LogP contribution in [0.5, 0.6) is 0 Å². The van der Waals surface area contributed by atoms with Gasteiger partial charge in [0.15, 0.2) is 0 Å². The minimum atomic E-state index is -0.696. The molecule has 0 amide bonds. The molecule has 0 aliphatic carbocycles. The molecular weight excluding hydrogens is 278 g/mol. The van der Waals surface area contributed by atoms with Gasteiger partial charge < -0.3 is 9.84 Å². The van der Waals surface area contributed by atoms with Gasteiger partial charge in [0.2, 0.25) is 0 Å². The summed E-state index contributed by atoms with van der Waals surface area (Å²) in [5.41, 5.74) is 0.276. The maximum Gasteiger partial charge on any atom is 0.115 e. The molecule has 1 aromatic heterocycles. The Kier molecular flexibility index (Phi) is 4.74. The lowest BCUT2D eigenvalue weighted by Gasteiger charge is -2.43. The molecule has 0 bridgehead atoms. The Morgan fingerprint density at radius 2 is 1.95 bits per heavy atom. The number of ether oxygens (including phenoxy) is 1. The smallest absolute Gasteiger partial charge is 0.115 e. The number of aliphatic hydroxyl groups is 1. The summed E-state index contributed by atoms with van der Waals surface area (Å²) < 4.78 is 7.18. The van der Waals surface area contributed by atoms with Crippen molar-refractivity contribution in [1.29, 1.82) is 0 Å². The second-order valence-corrected chi connectivity index (χ2v) is 6.48. The van der Waals surface area contributed by atoms with Crippen LogP contribution in [0.2, 0.25) is 5.02 Å². The van der Waals surface area contributed by atoms with Gasteiger partial charge in [-0.2, -0.15) is 5.10 Å². The van der Waals surface area contributed by atoms with E-state index in [4.69, 9.17) is 16.3 Å². The van der Waals surface area contributed by atoms with Crippen molar-refractivity contribution in [1.82, 2.24) is 14.7 Å². The zero-order chi connectivity index (χ0) is 14.9. The molecule has 2 rings (SSSR count). The third kappa shape index (κ3) is 2.86. The number of morpholine rings is 1. The molecule has 0 radical (unpaired) electrons. The molecule has 1 aromatic rings. The molecule has 5 nitrogen and oxygen atoms in total. The second-order valence-electron chi connectivity index (χ2n) is 6.07. The molecule has 20 heavy (non-hydrogen) atoms. The third-order valence-corrected chi connectivity index (χ3v) is 4.32.